The van der Waals surface area contributed by atoms with Gasteiger partial charge in [0.15, 0.2) is 0 Å². The molecule has 19 heavy (non-hydrogen) atoms. The minimum absolute atomic E-state index is 0.166. The van der Waals surface area contributed by atoms with Gasteiger partial charge in [0.1, 0.15) is 5.73 Å². The maximum absolute atomic E-state index is 14.6. The number of allylic oxidation sites excluding steroid dienone is 1. The van der Waals surface area contributed by atoms with Crippen molar-refractivity contribution < 1.29 is 13.7 Å². The summed E-state index contributed by atoms with van der Waals surface area (Å²) in [5, 5.41) is 0. The fourth-order valence-electron chi connectivity index (χ4n) is 2.68. The average Bonchev–Trinajstić information content (AvgIpc) is 2.47. The standard InChI is InChI=1S/C15H26BFO2/c1-14(2)15(3,4)19-16(18-14)13(17)12-10-8-6-5-7-9-11-12/h5-11H2,1-4H3. The van der Waals surface area contributed by atoms with Crippen LogP contribution < -0.4 is 0 Å². The lowest BCUT2D eigenvalue weighted by Gasteiger charge is -2.32. The Morgan fingerprint density at radius 1 is 0.895 bits per heavy atom. The summed E-state index contributed by atoms with van der Waals surface area (Å²) in [6.45, 7) is 7.85. The van der Waals surface area contributed by atoms with Crippen molar-refractivity contribution in [1.29, 1.82) is 0 Å². The highest BCUT2D eigenvalue weighted by Gasteiger charge is 2.53. The maximum atomic E-state index is 14.6. The van der Waals surface area contributed by atoms with Crippen LogP contribution in [-0.2, 0) is 9.31 Å². The summed E-state index contributed by atoms with van der Waals surface area (Å²) in [5.74, 6) is 0. The van der Waals surface area contributed by atoms with Gasteiger partial charge < -0.3 is 9.31 Å². The van der Waals surface area contributed by atoms with E-state index in [1.807, 2.05) is 27.7 Å². The van der Waals surface area contributed by atoms with Gasteiger partial charge >= 0.3 is 7.12 Å². The molecule has 0 unspecified atom stereocenters. The Kier molecular flexibility index (Phi) is 4.41. The van der Waals surface area contributed by atoms with Gasteiger partial charge in [-0.3, -0.25) is 0 Å². The van der Waals surface area contributed by atoms with E-state index < -0.39 is 18.3 Å². The Labute approximate surface area is 116 Å². The molecule has 0 aromatic rings. The smallest absolute Gasteiger partial charge is 0.398 e. The van der Waals surface area contributed by atoms with Gasteiger partial charge in [-0.1, -0.05) is 19.3 Å². The van der Waals surface area contributed by atoms with Crippen molar-refractivity contribution in [2.45, 2.75) is 83.8 Å². The highest BCUT2D eigenvalue weighted by Crippen LogP contribution is 2.40. The molecule has 0 aromatic carbocycles. The molecule has 4 heteroatoms. The van der Waals surface area contributed by atoms with Crippen molar-refractivity contribution >= 4 is 7.12 Å². The van der Waals surface area contributed by atoms with Crippen molar-refractivity contribution in [1.82, 2.24) is 0 Å². The Bertz CT molecular complexity index is 337. The van der Waals surface area contributed by atoms with Crippen LogP contribution in [0.4, 0.5) is 4.39 Å². The molecule has 1 saturated carbocycles. The Balaban J connectivity index is 2.12. The Morgan fingerprint density at radius 3 is 1.79 bits per heavy atom. The second-order valence-electron chi connectivity index (χ2n) is 6.81. The first-order valence-corrected chi connectivity index (χ1v) is 7.56. The van der Waals surface area contributed by atoms with Crippen LogP contribution in [0, 0.1) is 0 Å². The molecule has 1 aliphatic carbocycles. The van der Waals surface area contributed by atoms with E-state index in [4.69, 9.17) is 9.31 Å². The topological polar surface area (TPSA) is 18.5 Å². The Morgan fingerprint density at radius 2 is 1.32 bits per heavy atom. The number of hydrogen-bond acceptors (Lipinski definition) is 2. The molecule has 1 aliphatic heterocycles. The summed E-state index contributed by atoms with van der Waals surface area (Å²) >= 11 is 0. The van der Waals surface area contributed by atoms with Crippen molar-refractivity contribution in [2.24, 2.45) is 0 Å². The first kappa shape index (κ1) is 15.1. The quantitative estimate of drug-likeness (QED) is 0.648. The molecular formula is C15H26BFO2. The van der Waals surface area contributed by atoms with Gasteiger partial charge in [0.05, 0.1) is 11.2 Å². The molecule has 2 fully saturated rings. The number of halogens is 1. The number of rotatable bonds is 1. The summed E-state index contributed by atoms with van der Waals surface area (Å²) in [6.07, 6.45) is 7.59. The van der Waals surface area contributed by atoms with E-state index in [9.17, 15) is 4.39 Å². The molecule has 1 heterocycles. The van der Waals surface area contributed by atoms with E-state index in [1.165, 1.54) is 19.3 Å². The molecular weight excluding hydrogens is 242 g/mol. The fourth-order valence-corrected chi connectivity index (χ4v) is 2.68. The van der Waals surface area contributed by atoms with Crippen LogP contribution in [0.3, 0.4) is 0 Å². The van der Waals surface area contributed by atoms with Crippen LogP contribution in [0.15, 0.2) is 11.3 Å². The largest absolute Gasteiger partial charge is 0.525 e. The van der Waals surface area contributed by atoms with Crippen LogP contribution in [0.2, 0.25) is 0 Å². The monoisotopic (exact) mass is 268 g/mol. The summed E-state index contributed by atoms with van der Waals surface area (Å²) in [4.78, 5) is 0. The molecule has 0 bridgehead atoms. The Hall–Kier alpha value is -0.345. The van der Waals surface area contributed by atoms with Gasteiger partial charge in [-0.15, -0.1) is 0 Å². The third kappa shape index (κ3) is 3.22. The van der Waals surface area contributed by atoms with Gasteiger partial charge in [-0.25, -0.2) is 4.39 Å². The van der Waals surface area contributed by atoms with Crippen LogP contribution in [0.25, 0.3) is 0 Å². The van der Waals surface area contributed by atoms with Crippen LogP contribution >= 0.6 is 0 Å². The molecule has 0 amide bonds. The number of hydrogen-bond donors (Lipinski definition) is 0. The SMILES string of the molecule is CC1(C)OB(C(F)=C2CCCCCCC2)OC1(C)C. The maximum Gasteiger partial charge on any atom is 0.525 e. The van der Waals surface area contributed by atoms with Crippen molar-refractivity contribution in [3.05, 3.63) is 11.3 Å². The molecule has 0 atom stereocenters. The predicted octanol–water partition coefficient (Wildman–Crippen LogP) is 4.59. The van der Waals surface area contributed by atoms with Crippen LogP contribution in [0.1, 0.15) is 72.6 Å². The predicted molar refractivity (Wildman–Crippen MR) is 76.5 cm³/mol. The first-order chi connectivity index (χ1) is 8.83. The zero-order valence-corrected chi connectivity index (χ0v) is 12.7. The van der Waals surface area contributed by atoms with Crippen molar-refractivity contribution in [3.8, 4) is 0 Å². The third-order valence-corrected chi connectivity index (χ3v) is 4.76. The second kappa shape index (κ2) is 5.57. The highest BCUT2D eigenvalue weighted by molar-refractivity contribution is 6.53. The van der Waals surface area contributed by atoms with Gasteiger partial charge in [-0.05, 0) is 59.0 Å². The molecule has 2 nitrogen and oxygen atoms in total. The molecule has 0 N–H and O–H groups in total. The lowest BCUT2D eigenvalue weighted by molar-refractivity contribution is 0.00578. The van der Waals surface area contributed by atoms with Gasteiger partial charge in [0, 0.05) is 0 Å². The first-order valence-electron chi connectivity index (χ1n) is 7.56. The van der Waals surface area contributed by atoms with E-state index in [2.05, 4.69) is 0 Å². The lowest BCUT2D eigenvalue weighted by atomic mass is 9.81. The molecule has 0 aromatic heterocycles. The van der Waals surface area contributed by atoms with E-state index >= 15 is 0 Å². The lowest BCUT2D eigenvalue weighted by Crippen LogP contribution is -2.41. The van der Waals surface area contributed by atoms with Gasteiger partial charge in [0.2, 0.25) is 0 Å². The minimum Gasteiger partial charge on any atom is -0.398 e. The zero-order valence-electron chi connectivity index (χ0n) is 12.7. The normalized spacial score (nSPS) is 27.0. The highest BCUT2D eigenvalue weighted by atomic mass is 19.1. The summed E-state index contributed by atoms with van der Waals surface area (Å²) in [6, 6.07) is 0. The van der Waals surface area contributed by atoms with E-state index in [-0.39, 0.29) is 5.73 Å². The molecule has 108 valence electrons. The molecule has 0 spiro atoms. The van der Waals surface area contributed by atoms with Crippen LogP contribution in [0.5, 0.6) is 0 Å². The van der Waals surface area contributed by atoms with E-state index in [0.717, 1.165) is 31.3 Å². The zero-order chi connectivity index (χ0) is 14.1. The molecule has 0 radical (unpaired) electrons. The van der Waals surface area contributed by atoms with E-state index in [0.29, 0.717) is 0 Å². The van der Waals surface area contributed by atoms with Crippen molar-refractivity contribution in [2.75, 3.05) is 0 Å². The van der Waals surface area contributed by atoms with Crippen molar-refractivity contribution in [3.63, 3.8) is 0 Å². The summed E-state index contributed by atoms with van der Waals surface area (Å²) < 4.78 is 26.2. The summed E-state index contributed by atoms with van der Waals surface area (Å²) in [7, 11) is -0.806. The average molecular weight is 268 g/mol. The molecule has 2 rings (SSSR count). The molecule has 1 saturated heterocycles. The van der Waals surface area contributed by atoms with Gasteiger partial charge in [0.25, 0.3) is 0 Å². The van der Waals surface area contributed by atoms with Gasteiger partial charge in [-0.2, -0.15) is 0 Å². The molecule has 2 aliphatic rings. The third-order valence-electron chi connectivity index (χ3n) is 4.76. The summed E-state index contributed by atoms with van der Waals surface area (Å²) in [5.41, 5.74) is -0.173. The fraction of sp³-hybridized carbons (Fsp3) is 0.867. The van der Waals surface area contributed by atoms with E-state index in [1.54, 1.807) is 0 Å². The minimum atomic E-state index is -0.806. The van der Waals surface area contributed by atoms with Crippen LogP contribution in [-0.4, -0.2) is 18.3 Å². The second-order valence-corrected chi connectivity index (χ2v) is 6.81.